The molecule has 27 heavy (non-hydrogen) atoms. The highest BCUT2D eigenvalue weighted by Gasteiger charge is 2.13. The van der Waals surface area contributed by atoms with Gasteiger partial charge in [0.2, 0.25) is 5.16 Å². The topological polar surface area (TPSA) is 75.2 Å². The zero-order valence-corrected chi connectivity index (χ0v) is 17.0. The fourth-order valence-corrected chi connectivity index (χ4v) is 3.66. The van der Waals surface area contributed by atoms with Crippen molar-refractivity contribution in [1.29, 1.82) is 0 Å². The van der Waals surface area contributed by atoms with Gasteiger partial charge < -0.3 is 15.3 Å². The number of hydrogen-bond acceptors (Lipinski definition) is 6. The first-order valence-electron chi connectivity index (χ1n) is 8.32. The van der Waals surface area contributed by atoms with Gasteiger partial charge in [0.25, 0.3) is 0 Å². The van der Waals surface area contributed by atoms with Gasteiger partial charge in [-0.05, 0) is 43.7 Å². The van der Waals surface area contributed by atoms with Gasteiger partial charge in [0.05, 0.1) is 7.11 Å². The Kier molecular flexibility index (Phi) is 6.13. The van der Waals surface area contributed by atoms with Crippen LogP contribution in [0.1, 0.15) is 22.5 Å². The Morgan fingerprint density at radius 2 is 1.89 bits per heavy atom. The van der Waals surface area contributed by atoms with E-state index in [1.165, 1.54) is 22.0 Å². The number of thioether (sulfide) groups is 1. The van der Waals surface area contributed by atoms with E-state index in [1.54, 1.807) is 13.2 Å². The summed E-state index contributed by atoms with van der Waals surface area (Å²) in [5.74, 6) is 8.87. The Morgan fingerprint density at radius 3 is 2.63 bits per heavy atom. The lowest BCUT2D eigenvalue weighted by atomic mass is 10.1. The predicted molar refractivity (Wildman–Crippen MR) is 108 cm³/mol. The van der Waals surface area contributed by atoms with Crippen LogP contribution in [0.3, 0.4) is 0 Å². The van der Waals surface area contributed by atoms with Crippen molar-refractivity contribution in [2.75, 3.05) is 13.0 Å². The number of aryl methyl sites for hydroxylation is 2. The van der Waals surface area contributed by atoms with Gasteiger partial charge >= 0.3 is 0 Å². The van der Waals surface area contributed by atoms with Crippen molar-refractivity contribution in [1.82, 2.24) is 14.9 Å². The van der Waals surface area contributed by atoms with Gasteiger partial charge in [-0.2, -0.15) is 0 Å². The second-order valence-corrected chi connectivity index (χ2v) is 7.45. The van der Waals surface area contributed by atoms with Crippen molar-refractivity contribution in [2.45, 2.75) is 31.4 Å². The first-order chi connectivity index (χ1) is 13.0. The molecule has 0 aliphatic heterocycles. The van der Waals surface area contributed by atoms with Crippen molar-refractivity contribution in [3.63, 3.8) is 0 Å². The zero-order chi connectivity index (χ0) is 19.4. The van der Waals surface area contributed by atoms with Gasteiger partial charge in [-0.1, -0.05) is 41.1 Å². The molecule has 6 nitrogen and oxygen atoms in total. The lowest BCUT2D eigenvalue weighted by Crippen LogP contribution is -2.16. The zero-order valence-electron chi connectivity index (χ0n) is 15.4. The summed E-state index contributed by atoms with van der Waals surface area (Å²) in [6.45, 7) is 4.30. The van der Waals surface area contributed by atoms with Gasteiger partial charge in [-0.25, -0.2) is 4.68 Å². The maximum absolute atomic E-state index is 6.13. The maximum atomic E-state index is 6.13. The highest BCUT2D eigenvalue weighted by atomic mass is 35.5. The third-order valence-corrected chi connectivity index (χ3v) is 5.25. The van der Waals surface area contributed by atoms with Gasteiger partial charge in [0.1, 0.15) is 18.1 Å². The highest BCUT2D eigenvalue weighted by Crippen LogP contribution is 2.29. The fraction of sp³-hybridized carbons (Fsp3) is 0.263. The number of nitrogens with zero attached hydrogens (tertiary/aromatic N) is 3. The van der Waals surface area contributed by atoms with E-state index >= 15 is 0 Å². The van der Waals surface area contributed by atoms with Crippen LogP contribution in [0, 0.1) is 13.8 Å². The molecular formula is C19H21ClN4O2S. The van der Waals surface area contributed by atoms with Crippen molar-refractivity contribution < 1.29 is 9.47 Å². The van der Waals surface area contributed by atoms with Crippen molar-refractivity contribution in [3.8, 4) is 11.5 Å². The molecule has 0 amide bonds. The number of methoxy groups -OCH3 is 1. The second kappa shape index (κ2) is 8.54. The number of aromatic nitrogens is 3. The van der Waals surface area contributed by atoms with Crippen LogP contribution >= 0.6 is 23.4 Å². The van der Waals surface area contributed by atoms with Gasteiger partial charge in [-0.3, -0.25) is 0 Å². The molecule has 0 fully saturated rings. The minimum absolute atomic E-state index is 0.244. The summed E-state index contributed by atoms with van der Waals surface area (Å²) in [6.07, 6.45) is 0. The van der Waals surface area contributed by atoms with Gasteiger partial charge in [0, 0.05) is 16.3 Å². The van der Waals surface area contributed by atoms with Crippen LogP contribution in [-0.4, -0.2) is 22.0 Å². The monoisotopic (exact) mass is 404 g/mol. The van der Waals surface area contributed by atoms with Crippen LogP contribution in [-0.2, 0) is 12.4 Å². The molecule has 2 N–H and O–H groups in total. The van der Waals surface area contributed by atoms with Crippen LogP contribution in [0.2, 0.25) is 5.02 Å². The molecule has 0 spiro atoms. The Bertz CT molecular complexity index is 945. The van der Waals surface area contributed by atoms with E-state index in [1.807, 2.05) is 38.1 Å². The average molecular weight is 405 g/mol. The largest absolute Gasteiger partial charge is 0.496 e. The lowest BCUT2D eigenvalue weighted by molar-refractivity contribution is 0.289. The van der Waals surface area contributed by atoms with E-state index in [0.717, 1.165) is 22.6 Å². The molecule has 0 aliphatic carbocycles. The van der Waals surface area contributed by atoms with Crippen molar-refractivity contribution in [3.05, 3.63) is 63.9 Å². The van der Waals surface area contributed by atoms with Crippen LogP contribution in [0.25, 0.3) is 0 Å². The van der Waals surface area contributed by atoms with Crippen LogP contribution in [0.15, 0.2) is 41.6 Å². The van der Waals surface area contributed by atoms with E-state index in [4.69, 9.17) is 26.9 Å². The normalized spacial score (nSPS) is 10.8. The Morgan fingerprint density at radius 1 is 1.11 bits per heavy atom. The van der Waals surface area contributed by atoms with E-state index in [2.05, 4.69) is 16.3 Å². The fourth-order valence-electron chi connectivity index (χ4n) is 2.61. The number of rotatable bonds is 7. The SMILES string of the molecule is COc1ccc(Cl)cc1CSc1nnc(COc2ccc(C)cc2C)n1N. The summed E-state index contributed by atoms with van der Waals surface area (Å²) in [4.78, 5) is 0. The Balaban J connectivity index is 1.66. The van der Waals surface area contributed by atoms with E-state index < -0.39 is 0 Å². The van der Waals surface area contributed by atoms with Crippen LogP contribution in [0.5, 0.6) is 11.5 Å². The first-order valence-corrected chi connectivity index (χ1v) is 9.69. The molecule has 0 atom stereocenters. The van der Waals surface area contributed by atoms with Gasteiger partial charge in [0.15, 0.2) is 5.82 Å². The van der Waals surface area contributed by atoms with Crippen LogP contribution < -0.4 is 15.3 Å². The molecule has 0 aliphatic rings. The van der Waals surface area contributed by atoms with E-state index in [9.17, 15) is 0 Å². The summed E-state index contributed by atoms with van der Waals surface area (Å²) >= 11 is 7.53. The van der Waals surface area contributed by atoms with Crippen LogP contribution in [0.4, 0.5) is 0 Å². The molecule has 0 saturated heterocycles. The standard InChI is InChI=1S/C19H21ClN4O2S/c1-12-4-6-16(13(2)8-12)26-10-18-22-23-19(24(18)21)27-11-14-9-15(20)5-7-17(14)25-3/h4-9H,10-11,21H2,1-3H3. The Labute approximate surface area is 167 Å². The molecule has 2 aromatic carbocycles. The smallest absolute Gasteiger partial charge is 0.210 e. The number of halogens is 1. The molecule has 1 heterocycles. The Hall–Kier alpha value is -2.38. The quantitative estimate of drug-likeness (QED) is 0.471. The number of ether oxygens (including phenoxy) is 2. The molecule has 142 valence electrons. The molecule has 0 saturated carbocycles. The highest BCUT2D eigenvalue weighted by molar-refractivity contribution is 7.98. The van der Waals surface area contributed by atoms with E-state index in [0.29, 0.717) is 21.8 Å². The number of nitrogen functional groups attached to an aromatic ring is 1. The summed E-state index contributed by atoms with van der Waals surface area (Å²) in [5, 5.41) is 9.54. The number of nitrogens with two attached hydrogens (primary N) is 1. The molecule has 0 unspecified atom stereocenters. The number of hydrogen-bond donors (Lipinski definition) is 1. The van der Waals surface area contributed by atoms with Crippen molar-refractivity contribution >= 4 is 23.4 Å². The molecular weight excluding hydrogens is 384 g/mol. The van der Waals surface area contributed by atoms with Gasteiger partial charge in [-0.15, -0.1) is 10.2 Å². The molecule has 3 aromatic rings. The minimum atomic E-state index is 0.244. The minimum Gasteiger partial charge on any atom is -0.496 e. The van der Waals surface area contributed by atoms with Crippen molar-refractivity contribution in [2.24, 2.45) is 0 Å². The summed E-state index contributed by atoms with van der Waals surface area (Å²) in [5.41, 5.74) is 3.23. The second-order valence-electron chi connectivity index (χ2n) is 6.07. The first kappa shape index (κ1) is 19.4. The van der Waals surface area contributed by atoms with E-state index in [-0.39, 0.29) is 6.61 Å². The molecule has 3 rings (SSSR count). The number of benzene rings is 2. The average Bonchev–Trinajstić information content (AvgIpc) is 2.99. The summed E-state index contributed by atoms with van der Waals surface area (Å²) in [6, 6.07) is 11.5. The maximum Gasteiger partial charge on any atom is 0.210 e. The molecule has 1 aromatic heterocycles. The third-order valence-electron chi connectivity index (χ3n) is 4.02. The summed E-state index contributed by atoms with van der Waals surface area (Å²) < 4.78 is 12.7. The third kappa shape index (κ3) is 4.67. The molecule has 8 heteroatoms. The predicted octanol–water partition coefficient (Wildman–Crippen LogP) is 4.14. The summed E-state index contributed by atoms with van der Waals surface area (Å²) in [7, 11) is 1.63. The molecule has 0 radical (unpaired) electrons. The lowest BCUT2D eigenvalue weighted by Gasteiger charge is -2.10. The molecule has 0 bridgehead atoms.